The highest BCUT2D eigenvalue weighted by molar-refractivity contribution is 5.98. The lowest BCUT2D eigenvalue weighted by molar-refractivity contribution is 0.130. The first-order valence-corrected chi connectivity index (χ1v) is 9.90. The summed E-state index contributed by atoms with van der Waals surface area (Å²) in [7, 11) is 3.56. The van der Waals surface area contributed by atoms with Crippen molar-refractivity contribution < 1.29 is 14.3 Å². The van der Waals surface area contributed by atoms with Crippen molar-refractivity contribution in [1.82, 2.24) is 0 Å². The second-order valence-electron chi connectivity index (χ2n) is 6.94. The van der Waals surface area contributed by atoms with Crippen molar-refractivity contribution in [3.05, 3.63) is 89.0 Å². The van der Waals surface area contributed by atoms with Gasteiger partial charge >= 0.3 is 0 Å². The first kappa shape index (κ1) is 21.2. The Labute approximate surface area is 178 Å². The molecule has 3 aromatic carbocycles. The lowest BCUT2D eigenvalue weighted by Crippen LogP contribution is -2.04. The molecule has 0 heterocycles. The van der Waals surface area contributed by atoms with Crippen LogP contribution in [-0.4, -0.2) is 19.9 Å². The van der Waals surface area contributed by atoms with E-state index in [0.29, 0.717) is 13.2 Å². The van der Waals surface area contributed by atoms with Crippen LogP contribution in [0.2, 0.25) is 0 Å². The first-order valence-electron chi connectivity index (χ1n) is 9.90. The van der Waals surface area contributed by atoms with Crippen LogP contribution in [0.1, 0.15) is 29.2 Å². The minimum absolute atomic E-state index is 0.410. The van der Waals surface area contributed by atoms with Gasteiger partial charge in [0.25, 0.3) is 0 Å². The zero-order chi connectivity index (χ0) is 21.3. The Morgan fingerprint density at radius 3 is 2.43 bits per heavy atom. The average molecular weight is 405 g/mol. The van der Waals surface area contributed by atoms with Crippen molar-refractivity contribution in [2.75, 3.05) is 19.5 Å². The Morgan fingerprint density at radius 1 is 0.933 bits per heavy atom. The molecule has 1 N–H and O–H groups in total. The van der Waals surface area contributed by atoms with Gasteiger partial charge in [-0.05, 0) is 60.9 Å². The molecule has 0 spiro atoms. The number of hydrogen-bond donors (Lipinski definition) is 1. The molecule has 0 amide bonds. The number of anilines is 1. The lowest BCUT2D eigenvalue weighted by Gasteiger charge is -2.16. The van der Waals surface area contributed by atoms with E-state index >= 15 is 0 Å². The fourth-order valence-electron chi connectivity index (χ4n) is 3.16. The summed E-state index contributed by atoms with van der Waals surface area (Å²) in [5.41, 5.74) is 5.92. The smallest absolute Gasteiger partial charge is 0.142 e. The van der Waals surface area contributed by atoms with Gasteiger partial charge in [-0.15, -0.1) is 0 Å². The summed E-state index contributed by atoms with van der Waals surface area (Å²) in [4.78, 5) is 5.50. The Hall–Kier alpha value is -3.47. The van der Waals surface area contributed by atoms with Gasteiger partial charge in [0.05, 0.1) is 18.4 Å². The van der Waals surface area contributed by atoms with E-state index in [9.17, 15) is 0 Å². The molecule has 0 saturated carbocycles. The van der Waals surface area contributed by atoms with E-state index < -0.39 is 0 Å². The molecule has 0 atom stereocenters. The molecule has 0 bridgehead atoms. The maximum atomic E-state index is 6.09. The van der Waals surface area contributed by atoms with Crippen molar-refractivity contribution in [3.63, 3.8) is 0 Å². The van der Waals surface area contributed by atoms with E-state index in [1.54, 1.807) is 7.11 Å². The van der Waals surface area contributed by atoms with Crippen molar-refractivity contribution in [3.8, 4) is 11.5 Å². The maximum absolute atomic E-state index is 6.09. The summed E-state index contributed by atoms with van der Waals surface area (Å²) in [5.74, 6) is 1.62. The summed E-state index contributed by atoms with van der Waals surface area (Å²) < 4.78 is 11.6. The predicted octanol–water partition coefficient (Wildman–Crippen LogP) is 5.57. The van der Waals surface area contributed by atoms with E-state index in [1.807, 2.05) is 81.6 Å². The number of rotatable bonds is 9. The van der Waals surface area contributed by atoms with Crippen LogP contribution in [0.3, 0.4) is 0 Å². The number of nitrogens with zero attached hydrogens (tertiary/aromatic N) is 1. The molecule has 0 aliphatic rings. The molecule has 30 heavy (non-hydrogen) atoms. The number of aryl methyl sites for hydroxylation is 1. The van der Waals surface area contributed by atoms with Crippen LogP contribution in [0.5, 0.6) is 11.5 Å². The summed E-state index contributed by atoms with van der Waals surface area (Å²) in [6, 6.07) is 21.9. The topological polar surface area (TPSA) is 52.1 Å². The van der Waals surface area contributed by atoms with Gasteiger partial charge in [0, 0.05) is 12.7 Å². The SMILES string of the molecule is CNc1cccc(OC)c1COc1ccc(C(C)=NOCc2ccccc2)cc1C. The molecule has 156 valence electrons. The molecule has 5 nitrogen and oxygen atoms in total. The zero-order valence-corrected chi connectivity index (χ0v) is 17.9. The molecule has 0 fully saturated rings. The van der Waals surface area contributed by atoms with E-state index in [0.717, 1.165) is 45.2 Å². The van der Waals surface area contributed by atoms with E-state index in [-0.39, 0.29) is 0 Å². The second kappa shape index (κ2) is 10.3. The molecule has 0 aromatic heterocycles. The van der Waals surface area contributed by atoms with Crippen LogP contribution in [0, 0.1) is 6.92 Å². The third-order valence-electron chi connectivity index (χ3n) is 4.86. The minimum atomic E-state index is 0.410. The van der Waals surface area contributed by atoms with E-state index in [2.05, 4.69) is 16.5 Å². The molecule has 0 unspecified atom stereocenters. The summed E-state index contributed by atoms with van der Waals surface area (Å²) in [5, 5.41) is 7.44. The number of benzene rings is 3. The van der Waals surface area contributed by atoms with Gasteiger partial charge in [0.2, 0.25) is 0 Å². The lowest BCUT2D eigenvalue weighted by atomic mass is 10.1. The van der Waals surface area contributed by atoms with Gasteiger partial charge < -0.3 is 19.6 Å². The van der Waals surface area contributed by atoms with Crippen LogP contribution >= 0.6 is 0 Å². The quantitative estimate of drug-likeness (QED) is 0.374. The van der Waals surface area contributed by atoms with Gasteiger partial charge in [0.15, 0.2) is 0 Å². The zero-order valence-electron chi connectivity index (χ0n) is 17.9. The van der Waals surface area contributed by atoms with Crippen LogP contribution in [0.25, 0.3) is 0 Å². The average Bonchev–Trinajstić information content (AvgIpc) is 2.78. The third-order valence-corrected chi connectivity index (χ3v) is 4.86. The molecular formula is C25H28N2O3. The fourth-order valence-corrected chi connectivity index (χ4v) is 3.16. The molecule has 3 aromatic rings. The number of hydrogen-bond acceptors (Lipinski definition) is 5. The molecule has 0 aliphatic carbocycles. The Balaban J connectivity index is 1.66. The van der Waals surface area contributed by atoms with Gasteiger partial charge in [-0.25, -0.2) is 0 Å². The Kier molecular flexibility index (Phi) is 7.33. The summed E-state index contributed by atoms with van der Waals surface area (Å²) in [6.45, 7) is 4.82. The number of nitrogens with one attached hydrogen (secondary N) is 1. The van der Waals surface area contributed by atoms with Crippen LogP contribution in [0.15, 0.2) is 71.9 Å². The highest BCUT2D eigenvalue weighted by Crippen LogP contribution is 2.29. The highest BCUT2D eigenvalue weighted by atomic mass is 16.6. The van der Waals surface area contributed by atoms with Crippen LogP contribution in [-0.2, 0) is 18.1 Å². The minimum Gasteiger partial charge on any atom is -0.496 e. The summed E-state index contributed by atoms with van der Waals surface area (Å²) in [6.07, 6.45) is 0. The van der Waals surface area contributed by atoms with Crippen LogP contribution < -0.4 is 14.8 Å². The molecule has 3 rings (SSSR count). The standard InChI is InChI=1S/C25H28N2O3/c1-18-15-21(19(2)27-30-16-20-9-6-5-7-10-20)13-14-24(18)29-17-22-23(26-3)11-8-12-25(22)28-4/h5-15,26H,16-17H2,1-4H3. The normalized spacial score (nSPS) is 11.1. The monoisotopic (exact) mass is 404 g/mol. The highest BCUT2D eigenvalue weighted by Gasteiger charge is 2.11. The Morgan fingerprint density at radius 2 is 1.73 bits per heavy atom. The number of ether oxygens (including phenoxy) is 2. The van der Waals surface area contributed by atoms with Crippen LogP contribution in [0.4, 0.5) is 5.69 Å². The van der Waals surface area contributed by atoms with E-state index in [1.165, 1.54) is 0 Å². The molecule has 0 aliphatic heterocycles. The van der Waals surface area contributed by atoms with Gasteiger partial charge in [-0.2, -0.15) is 0 Å². The first-order chi connectivity index (χ1) is 14.6. The van der Waals surface area contributed by atoms with Gasteiger partial charge in [-0.1, -0.05) is 41.6 Å². The predicted molar refractivity (Wildman–Crippen MR) is 121 cm³/mol. The molecule has 0 saturated heterocycles. The largest absolute Gasteiger partial charge is 0.496 e. The van der Waals surface area contributed by atoms with Crippen molar-refractivity contribution in [1.29, 1.82) is 0 Å². The Bertz CT molecular complexity index is 978. The molecule has 0 radical (unpaired) electrons. The molecular weight excluding hydrogens is 376 g/mol. The van der Waals surface area contributed by atoms with Gasteiger partial charge in [0.1, 0.15) is 24.7 Å². The number of methoxy groups -OCH3 is 1. The van der Waals surface area contributed by atoms with E-state index in [4.69, 9.17) is 14.3 Å². The second-order valence-corrected chi connectivity index (χ2v) is 6.94. The van der Waals surface area contributed by atoms with Crippen molar-refractivity contribution in [2.24, 2.45) is 5.16 Å². The maximum Gasteiger partial charge on any atom is 0.142 e. The molecule has 5 heteroatoms. The van der Waals surface area contributed by atoms with Crippen molar-refractivity contribution >= 4 is 11.4 Å². The number of oxime groups is 1. The van der Waals surface area contributed by atoms with Gasteiger partial charge in [-0.3, -0.25) is 0 Å². The van der Waals surface area contributed by atoms with Crippen molar-refractivity contribution in [2.45, 2.75) is 27.1 Å². The third kappa shape index (κ3) is 5.32. The fraction of sp³-hybridized carbons (Fsp3) is 0.240. The summed E-state index contributed by atoms with van der Waals surface area (Å²) >= 11 is 0.